The van der Waals surface area contributed by atoms with Crippen molar-refractivity contribution < 1.29 is 77.4 Å². The van der Waals surface area contributed by atoms with Crippen LogP contribution < -0.4 is 35.6 Å². The average Bonchev–Trinajstić information content (AvgIpc) is 1.52. The van der Waals surface area contributed by atoms with Gasteiger partial charge in [0.1, 0.15) is 65.3 Å². The van der Waals surface area contributed by atoms with E-state index in [1.807, 2.05) is 84.9 Å². The monoisotopic (exact) mass is 1380 g/mol. The molecule has 22 nitrogen and oxygen atoms in total. The molecule has 1 spiro atoms. The summed E-state index contributed by atoms with van der Waals surface area (Å²) < 4.78 is 31.1. The van der Waals surface area contributed by atoms with Crippen molar-refractivity contribution in [3.63, 3.8) is 0 Å². The third kappa shape index (κ3) is 17.3. The van der Waals surface area contributed by atoms with Gasteiger partial charge in [-0.25, -0.2) is 0 Å². The molecule has 3 amide bonds. The number of aliphatic hydroxyl groups excluding tert-OH is 1. The third-order valence-electron chi connectivity index (χ3n) is 20.7. The van der Waals surface area contributed by atoms with Crippen LogP contribution in [0.5, 0.6) is 28.7 Å². The van der Waals surface area contributed by atoms with Crippen molar-refractivity contribution in [2.75, 3.05) is 45.2 Å². The summed E-state index contributed by atoms with van der Waals surface area (Å²) in [6.07, 6.45) is 10.0. The van der Waals surface area contributed by atoms with Crippen molar-refractivity contribution in [2.24, 2.45) is 57.3 Å². The molecule has 5 heterocycles. The number of benzene rings is 4. The van der Waals surface area contributed by atoms with E-state index in [-0.39, 0.29) is 111 Å². The zero-order valence-corrected chi connectivity index (χ0v) is 60.7. The van der Waals surface area contributed by atoms with Gasteiger partial charge in [0.2, 0.25) is 11.8 Å². The summed E-state index contributed by atoms with van der Waals surface area (Å²) in [7, 11) is 1.44. The van der Waals surface area contributed by atoms with Crippen LogP contribution in [-0.4, -0.2) is 143 Å². The van der Waals surface area contributed by atoms with Gasteiger partial charge in [0.05, 0.1) is 41.2 Å². The molecule has 100 heavy (non-hydrogen) atoms. The minimum absolute atomic E-state index is 0.0573. The van der Waals surface area contributed by atoms with Gasteiger partial charge < -0.3 is 69.0 Å². The Kier molecular flexibility index (Phi) is 25.5. The van der Waals surface area contributed by atoms with E-state index < -0.39 is 101 Å². The third-order valence-corrected chi connectivity index (χ3v) is 20.7. The summed E-state index contributed by atoms with van der Waals surface area (Å²) in [5.74, 6) is -7.96. The lowest BCUT2D eigenvalue weighted by Crippen LogP contribution is -2.50. The highest BCUT2D eigenvalue weighted by atomic mass is 16.7. The fourth-order valence-electron chi connectivity index (χ4n) is 14.0. The normalized spacial score (nSPS) is 24.6. The number of carbonyl (C=O) groups excluding carboxylic acids is 8. The summed E-state index contributed by atoms with van der Waals surface area (Å²) in [4.78, 5) is 122. The molecule has 5 aliphatic heterocycles. The Morgan fingerprint density at radius 2 is 1.54 bits per heavy atom. The number of allylic oxidation sites excluding steroid dienone is 3. The van der Waals surface area contributed by atoms with Crippen molar-refractivity contribution in [3.05, 3.63) is 117 Å². The van der Waals surface area contributed by atoms with Gasteiger partial charge in [0.25, 0.3) is 11.7 Å². The number of hydrogen-bond acceptors (Lipinski definition) is 19. The predicted molar refractivity (Wildman–Crippen MR) is 378 cm³/mol. The second-order valence-corrected chi connectivity index (χ2v) is 28.6. The SMILES string of the molecule is CCC(=O)Oc1cc(C)c(OCCCCC(C=O)C=O)c(C)c1CCC(=O)N[C@@H](Cc1ccccc1)C(=O)N(C)CC(=O)O[C@@H]1[C@@H](C)[C@@H](O)[C@@H](C)[C@H](C)[C@H](C)[C@@H](C)/C=C/O[C@@]2(C)Oc3c(C)c(O)c4c(O)c(c5c(c4c3C2=O)=NC2(CCN(CC(C)C)CC2)N=5)NC(=O)/C(C)=C\C=C\[C@@H]1C. The zero-order chi connectivity index (χ0) is 73.2. The van der Waals surface area contributed by atoms with Gasteiger partial charge in [-0.15, -0.1) is 0 Å². The number of phenolic OH excluding ortho intramolecular Hbond substituents is 2. The number of likely N-dealkylation sites (tertiary alicyclic amines) is 1. The van der Waals surface area contributed by atoms with Crippen LogP contribution in [0.1, 0.15) is 159 Å². The number of hydrogen-bond donors (Lipinski definition) is 5. The fourth-order valence-corrected chi connectivity index (χ4v) is 14.0. The number of phenols is 2. The molecule has 540 valence electrons. The van der Waals surface area contributed by atoms with E-state index in [0.717, 1.165) is 12.1 Å². The van der Waals surface area contributed by atoms with Crippen LogP contribution in [0.4, 0.5) is 5.69 Å². The highest BCUT2D eigenvalue weighted by molar-refractivity contribution is 6.19. The highest BCUT2D eigenvalue weighted by Crippen LogP contribution is 2.50. The van der Waals surface area contributed by atoms with Crippen LogP contribution in [0.2, 0.25) is 0 Å². The smallest absolute Gasteiger partial charge is 0.325 e. The van der Waals surface area contributed by atoms with E-state index >= 15 is 0 Å². The van der Waals surface area contributed by atoms with Crippen molar-refractivity contribution in [1.29, 1.82) is 0 Å². The zero-order valence-electron chi connectivity index (χ0n) is 60.7. The number of aldehydes is 2. The molecule has 10 atom stereocenters. The van der Waals surface area contributed by atoms with E-state index in [1.165, 1.54) is 25.1 Å². The number of unbranched alkanes of at least 4 members (excludes halogenated alkanes) is 1. The number of carbonyl (C=O) groups is 8. The molecule has 5 bridgehead atoms. The Morgan fingerprint density at radius 1 is 0.860 bits per heavy atom. The Hall–Kier alpha value is -8.76. The lowest BCUT2D eigenvalue weighted by molar-refractivity contribution is -0.161. The largest absolute Gasteiger partial charge is 0.507 e. The number of fused-ring (bicyclic) bond motifs is 13. The predicted octanol–water partition coefficient (Wildman–Crippen LogP) is 9.94. The molecule has 1 fully saturated rings. The van der Waals surface area contributed by atoms with Crippen LogP contribution in [0.3, 0.4) is 0 Å². The molecule has 5 aliphatic rings. The van der Waals surface area contributed by atoms with Gasteiger partial charge in [-0.1, -0.05) is 111 Å². The number of anilines is 1. The number of aryl methyl sites for hydroxylation is 1. The summed E-state index contributed by atoms with van der Waals surface area (Å²) in [6.45, 7) is 27.8. The number of amides is 3. The maximum absolute atomic E-state index is 15.0. The van der Waals surface area contributed by atoms with Crippen LogP contribution in [0, 0.1) is 68.1 Å². The second-order valence-electron chi connectivity index (χ2n) is 28.6. The summed E-state index contributed by atoms with van der Waals surface area (Å²) in [6, 6.07) is 9.62. The van der Waals surface area contributed by atoms with Crippen molar-refractivity contribution in [2.45, 2.75) is 184 Å². The van der Waals surface area contributed by atoms with E-state index in [2.05, 4.69) is 29.4 Å². The molecular weight excluding hydrogens is 1280 g/mol. The number of aromatic hydroxyl groups is 2. The topological polar surface area (TPSA) is 299 Å². The molecule has 5 N–H and O–H groups in total. The minimum Gasteiger partial charge on any atom is -0.507 e. The molecule has 9 rings (SSSR count). The van der Waals surface area contributed by atoms with E-state index in [1.54, 1.807) is 52.0 Å². The number of aliphatic hydroxyl groups is 1. The summed E-state index contributed by atoms with van der Waals surface area (Å²) in [5.41, 5.74) is 1.92. The van der Waals surface area contributed by atoms with Gasteiger partial charge in [-0.3, -0.25) is 38.8 Å². The van der Waals surface area contributed by atoms with Crippen LogP contribution in [-0.2, 0) is 55.9 Å². The molecule has 4 aromatic rings. The number of nitrogens with zero attached hydrogens (tertiary/aromatic N) is 4. The number of esters is 2. The summed E-state index contributed by atoms with van der Waals surface area (Å²) in [5, 5.41) is 43.1. The minimum atomic E-state index is -1.92. The molecular formula is C78H102N6O16. The number of ether oxygens (including phenoxy) is 5. The maximum Gasteiger partial charge on any atom is 0.325 e. The molecule has 4 aromatic carbocycles. The van der Waals surface area contributed by atoms with Gasteiger partial charge >= 0.3 is 17.7 Å². The van der Waals surface area contributed by atoms with Crippen LogP contribution in [0.25, 0.3) is 10.8 Å². The first-order valence-electron chi connectivity index (χ1n) is 35.2. The first-order chi connectivity index (χ1) is 47.4. The molecule has 1 saturated heterocycles. The Labute approximate surface area is 586 Å². The van der Waals surface area contributed by atoms with Crippen LogP contribution in [0.15, 0.2) is 82.5 Å². The average molecular weight is 1380 g/mol. The number of piperidine rings is 1. The number of likely N-dealkylation sites (N-methyl/N-ethyl adjacent to an activating group) is 1. The van der Waals surface area contributed by atoms with Gasteiger partial charge in [-0.2, -0.15) is 0 Å². The molecule has 22 heteroatoms. The van der Waals surface area contributed by atoms with Gasteiger partial charge in [-0.05, 0) is 112 Å². The van der Waals surface area contributed by atoms with E-state index in [0.29, 0.717) is 86.1 Å². The lowest BCUT2D eigenvalue weighted by Gasteiger charge is -2.38. The maximum atomic E-state index is 15.0. The molecule has 0 unspecified atom stereocenters. The second kappa shape index (κ2) is 33.1. The van der Waals surface area contributed by atoms with Crippen molar-refractivity contribution in [1.82, 2.24) is 15.1 Å². The Balaban J connectivity index is 1.07. The Morgan fingerprint density at radius 3 is 2.20 bits per heavy atom. The van der Waals surface area contributed by atoms with Crippen molar-refractivity contribution >= 4 is 64.5 Å². The molecule has 0 aliphatic carbocycles. The van der Waals surface area contributed by atoms with E-state index in [9.17, 15) is 53.7 Å². The van der Waals surface area contributed by atoms with Crippen molar-refractivity contribution in [3.8, 4) is 28.7 Å². The molecule has 0 saturated carbocycles. The van der Waals surface area contributed by atoms with E-state index in [4.69, 9.17) is 33.7 Å². The number of ketones is 1. The number of Topliss-reactive ketones (excluding diaryl/α,β-unsaturated/α-hetero) is 1. The quantitative estimate of drug-likeness (QED) is 0.0122. The molecule has 0 radical (unpaired) electrons. The first kappa shape index (κ1) is 77.0. The fraction of sp³-hybridized carbons (Fsp3) is 0.538. The first-order valence-corrected chi connectivity index (χ1v) is 35.2. The Bertz CT molecular complexity index is 3960. The lowest BCUT2D eigenvalue weighted by atomic mass is 9.72. The van der Waals surface area contributed by atoms with Crippen LogP contribution >= 0.6 is 0 Å². The van der Waals surface area contributed by atoms with Gasteiger partial charge in [0.15, 0.2) is 11.4 Å². The number of rotatable bonds is 22. The standard InChI is InChI=1S/C78H102N6O16/c1-16-60(88)98-58-37-47(7)71(96-35-21-20-27-55(41-85)42-86)51(11)56(58)28-29-59(87)79-57(38-54-25-18-17-19-26-54)76(95)83(15)40-61(89)99-72-45(5)23-22-24-46(6)75(94)80-67-66-65(81-78(82-66)31-33-84(34-32-78)39-43(2)3)62-63(70(67)92)69(91)53(13)73-64(62)74(93)77(14,100-73)97-36-30-44(4)48(8)49(9)50(10)68(90)52(72)12/h17-19,22-26,30,36-37,41-45,48-50,52,55,57,68,72,90-92H,16,20-21,27-29,31-35,38-40H2,1-15H3,(H,79,87)(H,80,94)/b23-22+,36-30+,46-24-/t44-,45-,48+,49+,50-,52-,57-,68-,72-,77-/m0/s1. The summed E-state index contributed by atoms with van der Waals surface area (Å²) >= 11 is 0. The molecule has 0 aromatic heterocycles. The van der Waals surface area contributed by atoms with Gasteiger partial charge in [0, 0.05) is 99.6 Å². The highest BCUT2D eigenvalue weighted by Gasteiger charge is 2.50. The number of nitrogens with one attached hydrogen (secondary N) is 2.